The van der Waals surface area contributed by atoms with Crippen molar-refractivity contribution in [3.8, 4) is 23.0 Å². The molecule has 0 spiro atoms. The van der Waals surface area contributed by atoms with Gasteiger partial charge in [-0.25, -0.2) is 0 Å². The highest BCUT2D eigenvalue weighted by atomic mass is 28.3. The summed E-state index contributed by atoms with van der Waals surface area (Å²) in [6, 6.07) is 15.2. The quantitative estimate of drug-likeness (QED) is 0.556. The first-order chi connectivity index (χ1) is 12.8. The topological polar surface area (TPSA) is 55.8 Å². The van der Waals surface area contributed by atoms with Gasteiger partial charge in [0, 0.05) is 0 Å². The Morgan fingerprint density at radius 3 is 2.15 bits per heavy atom. The molecule has 0 fully saturated rings. The lowest BCUT2D eigenvalue weighted by atomic mass is 9.97. The predicted octanol–water partition coefficient (Wildman–Crippen LogP) is 4.71. The molecule has 1 atom stereocenters. The van der Waals surface area contributed by atoms with Crippen LogP contribution in [0.5, 0.6) is 11.5 Å². The monoisotopic (exact) mass is 382 g/mol. The average Bonchev–Trinajstić information content (AvgIpc) is 2.63. The number of rotatable bonds is 7. The summed E-state index contributed by atoms with van der Waals surface area (Å²) in [7, 11) is 0.0781. The minimum absolute atomic E-state index is 0.00350. The van der Waals surface area contributed by atoms with Crippen LogP contribution >= 0.6 is 0 Å². The van der Waals surface area contributed by atoms with Crippen LogP contribution < -0.4 is 9.47 Å². The second-order valence-electron chi connectivity index (χ2n) is 7.38. The molecule has 4 nitrogen and oxygen atoms in total. The highest BCUT2D eigenvalue weighted by molar-refractivity contribution is 6.83. The van der Waals surface area contributed by atoms with E-state index in [1.807, 2.05) is 48.5 Å². The summed E-state index contributed by atoms with van der Waals surface area (Å²) in [4.78, 5) is 11.2. The molecule has 2 rings (SSSR count). The molecule has 0 bridgehead atoms. The fraction of sp³-hybridized carbons (Fsp3) is 0.318. The van der Waals surface area contributed by atoms with Crippen molar-refractivity contribution >= 4 is 14.0 Å². The lowest BCUT2D eigenvalue weighted by Crippen LogP contribution is -2.17. The van der Waals surface area contributed by atoms with E-state index in [1.165, 1.54) is 0 Å². The molecule has 0 saturated carbocycles. The molecule has 2 aromatic carbocycles. The number of carboxylic acid groups (broad SMARTS) is 1. The first-order valence-electron chi connectivity index (χ1n) is 8.87. The summed E-state index contributed by atoms with van der Waals surface area (Å²) in [5, 5.41) is 9.19. The van der Waals surface area contributed by atoms with Gasteiger partial charge in [0.1, 0.15) is 26.2 Å². The summed E-state index contributed by atoms with van der Waals surface area (Å²) in [5.74, 6) is 3.58. The second-order valence-corrected chi connectivity index (χ2v) is 12.1. The van der Waals surface area contributed by atoms with Crippen LogP contribution in [0, 0.1) is 11.5 Å². The van der Waals surface area contributed by atoms with E-state index in [-0.39, 0.29) is 12.3 Å². The lowest BCUT2D eigenvalue weighted by Gasteiger charge is -2.12. The van der Waals surface area contributed by atoms with Crippen molar-refractivity contribution in [1.29, 1.82) is 0 Å². The van der Waals surface area contributed by atoms with Crippen LogP contribution in [-0.2, 0) is 11.4 Å². The molecular formula is C22H26O4Si. The number of carbonyl (C=O) groups is 1. The van der Waals surface area contributed by atoms with Crippen LogP contribution in [0.1, 0.15) is 23.5 Å². The van der Waals surface area contributed by atoms with E-state index in [2.05, 4.69) is 31.1 Å². The fourth-order valence-electron chi connectivity index (χ4n) is 2.42. The molecule has 0 aliphatic carbocycles. The van der Waals surface area contributed by atoms with Crippen molar-refractivity contribution in [2.24, 2.45) is 0 Å². The number of hydrogen-bond donors (Lipinski definition) is 1. The Kier molecular flexibility index (Phi) is 7.09. The molecule has 0 aliphatic heterocycles. The first-order valence-corrected chi connectivity index (χ1v) is 12.4. The molecule has 27 heavy (non-hydrogen) atoms. The van der Waals surface area contributed by atoms with Crippen molar-refractivity contribution in [2.45, 2.75) is 38.6 Å². The highest BCUT2D eigenvalue weighted by Gasteiger charge is 2.15. The zero-order valence-corrected chi connectivity index (χ0v) is 17.3. The minimum Gasteiger partial charge on any atom is -0.497 e. The lowest BCUT2D eigenvalue weighted by molar-refractivity contribution is -0.137. The Morgan fingerprint density at radius 1 is 1.04 bits per heavy atom. The third kappa shape index (κ3) is 7.20. The number of benzene rings is 2. The Hall–Kier alpha value is -2.71. The zero-order chi connectivity index (χ0) is 19.9. The summed E-state index contributed by atoms with van der Waals surface area (Å²) in [6.07, 6.45) is 0.00350. The van der Waals surface area contributed by atoms with E-state index in [0.717, 1.165) is 22.6 Å². The molecule has 1 N–H and O–H groups in total. The molecular weight excluding hydrogens is 356 g/mol. The van der Waals surface area contributed by atoms with Crippen LogP contribution in [0.25, 0.3) is 0 Å². The Balaban J connectivity index is 2.06. The molecule has 1 unspecified atom stereocenters. The zero-order valence-electron chi connectivity index (χ0n) is 16.3. The van der Waals surface area contributed by atoms with E-state index in [1.54, 1.807) is 7.11 Å². The van der Waals surface area contributed by atoms with Crippen molar-refractivity contribution in [1.82, 2.24) is 0 Å². The molecule has 0 saturated heterocycles. The number of aliphatic carboxylic acids is 1. The molecule has 0 amide bonds. The van der Waals surface area contributed by atoms with Gasteiger partial charge in [0.15, 0.2) is 0 Å². The maximum atomic E-state index is 11.2. The SMILES string of the molecule is COc1ccc(COc2ccc(C(C#C[Si](C)(C)C)CC(=O)O)cc2)cc1. The number of methoxy groups -OCH3 is 1. The van der Waals surface area contributed by atoms with Crippen molar-refractivity contribution in [3.63, 3.8) is 0 Å². The van der Waals surface area contributed by atoms with Gasteiger partial charge < -0.3 is 14.6 Å². The smallest absolute Gasteiger partial charge is 0.304 e. The Labute approximate surface area is 162 Å². The number of ether oxygens (including phenoxy) is 2. The van der Waals surface area contributed by atoms with Gasteiger partial charge in [-0.05, 0) is 35.4 Å². The molecule has 0 aliphatic rings. The minimum atomic E-state index is -1.56. The van der Waals surface area contributed by atoms with E-state index in [4.69, 9.17) is 9.47 Å². The van der Waals surface area contributed by atoms with Crippen LogP contribution in [-0.4, -0.2) is 26.3 Å². The van der Waals surface area contributed by atoms with E-state index < -0.39 is 14.0 Å². The van der Waals surface area contributed by atoms with Crippen molar-refractivity contribution < 1.29 is 19.4 Å². The van der Waals surface area contributed by atoms with Gasteiger partial charge in [0.25, 0.3) is 0 Å². The normalized spacial score (nSPS) is 11.9. The Bertz CT molecular complexity index is 809. The summed E-state index contributed by atoms with van der Waals surface area (Å²) in [5.41, 5.74) is 5.23. The molecule has 142 valence electrons. The van der Waals surface area contributed by atoms with Gasteiger partial charge in [-0.3, -0.25) is 4.79 Å². The predicted molar refractivity (Wildman–Crippen MR) is 110 cm³/mol. The Morgan fingerprint density at radius 2 is 1.63 bits per heavy atom. The standard InChI is InChI=1S/C22H26O4Si/c1-25-20-9-5-17(6-10-20)16-26-21-11-7-18(8-12-21)19(15-22(23)24)13-14-27(2,3)4/h5-12,19H,15-16H2,1-4H3,(H,23,24). The van der Waals surface area contributed by atoms with Gasteiger partial charge in [-0.2, -0.15) is 0 Å². The van der Waals surface area contributed by atoms with Crippen LogP contribution in [0.2, 0.25) is 19.6 Å². The molecule has 0 radical (unpaired) electrons. The van der Waals surface area contributed by atoms with Crippen LogP contribution in [0.15, 0.2) is 48.5 Å². The molecule has 5 heteroatoms. The van der Waals surface area contributed by atoms with Gasteiger partial charge in [0.2, 0.25) is 0 Å². The van der Waals surface area contributed by atoms with Gasteiger partial charge in [-0.1, -0.05) is 43.9 Å². The maximum Gasteiger partial charge on any atom is 0.304 e. The van der Waals surface area contributed by atoms with Crippen LogP contribution in [0.3, 0.4) is 0 Å². The summed E-state index contributed by atoms with van der Waals surface area (Å²) < 4.78 is 11.0. The van der Waals surface area contributed by atoms with E-state index in [9.17, 15) is 9.90 Å². The van der Waals surface area contributed by atoms with Gasteiger partial charge in [-0.15, -0.1) is 11.5 Å². The van der Waals surface area contributed by atoms with E-state index in [0.29, 0.717) is 6.61 Å². The van der Waals surface area contributed by atoms with E-state index >= 15 is 0 Å². The van der Waals surface area contributed by atoms with Crippen molar-refractivity contribution in [2.75, 3.05) is 7.11 Å². The van der Waals surface area contributed by atoms with Gasteiger partial charge >= 0.3 is 5.97 Å². The third-order valence-corrected chi connectivity index (χ3v) is 4.74. The number of hydrogen-bond acceptors (Lipinski definition) is 3. The molecule has 0 aromatic heterocycles. The maximum absolute atomic E-state index is 11.2. The average molecular weight is 383 g/mol. The first kappa shape index (κ1) is 20.6. The van der Waals surface area contributed by atoms with Gasteiger partial charge in [0.05, 0.1) is 19.4 Å². The van der Waals surface area contributed by atoms with Crippen LogP contribution in [0.4, 0.5) is 0 Å². The summed E-state index contributed by atoms with van der Waals surface area (Å²) in [6.45, 7) is 6.90. The highest BCUT2D eigenvalue weighted by Crippen LogP contribution is 2.23. The molecule has 0 heterocycles. The third-order valence-electron chi connectivity index (χ3n) is 3.85. The van der Waals surface area contributed by atoms with Crippen molar-refractivity contribution in [3.05, 3.63) is 59.7 Å². The fourth-order valence-corrected chi connectivity index (χ4v) is 3.02. The summed E-state index contributed by atoms with van der Waals surface area (Å²) >= 11 is 0. The molecule has 2 aromatic rings. The second kappa shape index (κ2) is 9.29. The largest absolute Gasteiger partial charge is 0.497 e. The number of carboxylic acids is 1.